The first kappa shape index (κ1) is 22.4. The second kappa shape index (κ2) is 9.24. The number of aryl methyl sites for hydroxylation is 1. The topological polar surface area (TPSA) is 92.5 Å². The molecule has 1 N–H and O–H groups in total. The van der Waals surface area contributed by atoms with Crippen molar-refractivity contribution in [1.29, 1.82) is 0 Å². The summed E-state index contributed by atoms with van der Waals surface area (Å²) in [6.45, 7) is 5.30. The maximum Gasteiger partial charge on any atom is 0.193 e. The molecule has 164 valence electrons. The van der Waals surface area contributed by atoms with Gasteiger partial charge in [0, 0.05) is 39.1 Å². The molecule has 0 amide bonds. The van der Waals surface area contributed by atoms with Crippen LogP contribution in [0.4, 0.5) is 0 Å². The zero-order valence-corrected chi connectivity index (χ0v) is 19.7. The minimum Gasteiger partial charge on any atom is -0.356 e. The van der Waals surface area contributed by atoms with Crippen molar-refractivity contribution < 1.29 is 8.42 Å². The second-order valence-corrected chi connectivity index (χ2v) is 12.0. The average molecular weight is 443 g/mol. The van der Waals surface area contributed by atoms with E-state index in [1.54, 1.807) is 32.7 Å². The number of nitrogens with zero attached hydrogens (tertiary/aromatic N) is 5. The summed E-state index contributed by atoms with van der Waals surface area (Å²) in [5.74, 6) is 2.01. The maximum atomic E-state index is 12.2. The third-order valence-corrected chi connectivity index (χ3v) is 9.20. The fraction of sp³-hybridized carbons (Fsp3) is 0.842. The Labute approximate surface area is 178 Å². The van der Waals surface area contributed by atoms with Crippen molar-refractivity contribution in [3.8, 4) is 0 Å². The largest absolute Gasteiger partial charge is 0.356 e. The van der Waals surface area contributed by atoms with Crippen molar-refractivity contribution in [3.05, 3.63) is 5.82 Å². The monoisotopic (exact) mass is 442 g/mol. The van der Waals surface area contributed by atoms with Crippen molar-refractivity contribution in [2.24, 2.45) is 4.99 Å². The lowest BCUT2D eigenvalue weighted by Gasteiger charge is -2.39. The molecule has 2 heterocycles. The van der Waals surface area contributed by atoms with Crippen LogP contribution in [0.2, 0.25) is 0 Å². The Morgan fingerprint density at radius 2 is 2.03 bits per heavy atom. The number of aromatic nitrogens is 3. The summed E-state index contributed by atoms with van der Waals surface area (Å²) in [6, 6.07) is 0.542. The van der Waals surface area contributed by atoms with Crippen LogP contribution in [0.5, 0.6) is 0 Å². The summed E-state index contributed by atoms with van der Waals surface area (Å²) in [6.07, 6.45) is 8.87. The molecular formula is C19H34N6O2S2. The Bertz CT molecular complexity index is 828. The highest BCUT2D eigenvalue weighted by Crippen LogP contribution is 2.33. The minimum atomic E-state index is -3.05. The molecular weight excluding hydrogens is 408 g/mol. The average Bonchev–Trinajstić information content (AvgIpc) is 3.33. The van der Waals surface area contributed by atoms with E-state index < -0.39 is 14.6 Å². The Kier molecular flexibility index (Phi) is 7.14. The number of nitrogens with one attached hydrogen (secondary N) is 1. The smallest absolute Gasteiger partial charge is 0.193 e. The van der Waals surface area contributed by atoms with Crippen LogP contribution in [-0.4, -0.2) is 77.5 Å². The van der Waals surface area contributed by atoms with Crippen LogP contribution in [0, 0.1) is 0 Å². The van der Waals surface area contributed by atoms with Gasteiger partial charge in [0.1, 0.15) is 5.82 Å². The standard InChI is InChI=1S/C19H34N6O2S2/c1-19(2)14-24(12-13-29(19,26)27)17(20-3)21-11-7-10-16-22-23-18(28-4)25(16)15-8-5-6-9-15/h15H,5-14H2,1-4H3,(H,20,21). The van der Waals surface area contributed by atoms with Crippen molar-refractivity contribution >= 4 is 27.6 Å². The third kappa shape index (κ3) is 4.90. The number of guanidine groups is 1. The lowest BCUT2D eigenvalue weighted by atomic mass is 10.2. The maximum absolute atomic E-state index is 12.2. The van der Waals surface area contributed by atoms with Gasteiger partial charge in [0.05, 0.1) is 10.5 Å². The van der Waals surface area contributed by atoms with Gasteiger partial charge in [-0.05, 0) is 39.4 Å². The molecule has 3 rings (SSSR count). The molecule has 1 aliphatic carbocycles. The molecule has 0 aromatic carbocycles. The Morgan fingerprint density at radius 3 is 2.66 bits per heavy atom. The lowest BCUT2D eigenvalue weighted by Crippen LogP contribution is -2.57. The van der Waals surface area contributed by atoms with E-state index in [1.807, 2.05) is 4.90 Å². The molecule has 10 heteroatoms. The van der Waals surface area contributed by atoms with Gasteiger partial charge in [-0.25, -0.2) is 8.42 Å². The number of hydrogen-bond acceptors (Lipinski definition) is 6. The van der Waals surface area contributed by atoms with E-state index in [9.17, 15) is 8.42 Å². The Hall–Kier alpha value is -1.29. The highest BCUT2D eigenvalue weighted by atomic mass is 32.2. The van der Waals surface area contributed by atoms with Gasteiger partial charge >= 0.3 is 0 Å². The van der Waals surface area contributed by atoms with Crippen molar-refractivity contribution in [3.63, 3.8) is 0 Å². The number of sulfone groups is 1. The molecule has 1 aromatic rings. The van der Waals surface area contributed by atoms with Crippen LogP contribution < -0.4 is 5.32 Å². The third-order valence-electron chi connectivity index (χ3n) is 6.02. The van der Waals surface area contributed by atoms with E-state index in [0.717, 1.165) is 36.3 Å². The number of thioether (sulfide) groups is 1. The lowest BCUT2D eigenvalue weighted by molar-refractivity contribution is 0.353. The van der Waals surface area contributed by atoms with Crippen LogP contribution >= 0.6 is 11.8 Å². The molecule has 1 saturated carbocycles. The molecule has 0 radical (unpaired) electrons. The highest BCUT2D eigenvalue weighted by molar-refractivity contribution is 7.98. The molecule has 1 aromatic heterocycles. The van der Waals surface area contributed by atoms with Gasteiger partial charge in [0.25, 0.3) is 0 Å². The SMILES string of the molecule is CN=C(NCCCc1nnc(SC)n1C1CCCC1)N1CCS(=O)(=O)C(C)(C)C1. The molecule has 2 fully saturated rings. The number of rotatable bonds is 6. The van der Waals surface area contributed by atoms with Crippen molar-refractivity contribution in [2.75, 3.05) is 38.7 Å². The van der Waals surface area contributed by atoms with Crippen LogP contribution in [0.25, 0.3) is 0 Å². The summed E-state index contributed by atoms with van der Waals surface area (Å²) in [5.41, 5.74) is 0. The van der Waals surface area contributed by atoms with Gasteiger partial charge in [0.2, 0.25) is 0 Å². The van der Waals surface area contributed by atoms with E-state index in [0.29, 0.717) is 19.1 Å². The van der Waals surface area contributed by atoms with Crippen molar-refractivity contribution in [2.45, 2.75) is 68.3 Å². The molecule has 29 heavy (non-hydrogen) atoms. The summed E-state index contributed by atoms with van der Waals surface area (Å²) in [5, 5.41) is 13.3. The van der Waals surface area contributed by atoms with E-state index in [2.05, 4.69) is 31.3 Å². The zero-order chi connectivity index (χ0) is 21.1. The molecule has 8 nitrogen and oxygen atoms in total. The van der Waals surface area contributed by atoms with Gasteiger partial charge in [0.15, 0.2) is 21.0 Å². The van der Waals surface area contributed by atoms with E-state index in [-0.39, 0.29) is 5.75 Å². The van der Waals surface area contributed by atoms with E-state index >= 15 is 0 Å². The van der Waals surface area contributed by atoms with E-state index in [4.69, 9.17) is 0 Å². The first-order valence-electron chi connectivity index (χ1n) is 10.4. The Balaban J connectivity index is 1.54. The molecule has 0 unspecified atom stereocenters. The molecule has 1 aliphatic heterocycles. The predicted molar refractivity (Wildman–Crippen MR) is 118 cm³/mol. The van der Waals surface area contributed by atoms with E-state index in [1.165, 1.54) is 25.7 Å². The summed E-state index contributed by atoms with van der Waals surface area (Å²) in [7, 11) is -1.30. The molecule has 1 saturated heterocycles. The fourth-order valence-electron chi connectivity index (χ4n) is 4.25. The number of aliphatic imine (C=N–C) groups is 1. The quantitative estimate of drug-likeness (QED) is 0.312. The van der Waals surface area contributed by atoms with Gasteiger partial charge in [-0.15, -0.1) is 10.2 Å². The first-order valence-corrected chi connectivity index (χ1v) is 13.3. The van der Waals surface area contributed by atoms with Crippen LogP contribution in [0.15, 0.2) is 10.1 Å². The van der Waals surface area contributed by atoms with Gasteiger partial charge in [-0.3, -0.25) is 4.99 Å². The van der Waals surface area contributed by atoms with Crippen LogP contribution in [0.1, 0.15) is 57.8 Å². The van der Waals surface area contributed by atoms with Gasteiger partial charge in [-0.1, -0.05) is 24.6 Å². The zero-order valence-electron chi connectivity index (χ0n) is 18.0. The fourth-order valence-corrected chi connectivity index (χ4v) is 6.19. The molecule has 0 spiro atoms. The van der Waals surface area contributed by atoms with Crippen molar-refractivity contribution in [1.82, 2.24) is 25.0 Å². The summed E-state index contributed by atoms with van der Waals surface area (Å²) in [4.78, 5) is 6.42. The normalized spacial score (nSPS) is 22.2. The summed E-state index contributed by atoms with van der Waals surface area (Å²) >= 11 is 1.67. The van der Waals surface area contributed by atoms with Gasteiger partial charge < -0.3 is 14.8 Å². The molecule has 0 bridgehead atoms. The van der Waals surface area contributed by atoms with Gasteiger partial charge in [-0.2, -0.15) is 0 Å². The minimum absolute atomic E-state index is 0.169. The van der Waals surface area contributed by atoms with Crippen LogP contribution in [0.3, 0.4) is 0 Å². The highest BCUT2D eigenvalue weighted by Gasteiger charge is 2.40. The number of hydrogen-bond donors (Lipinski definition) is 1. The first-order chi connectivity index (χ1) is 13.8. The Morgan fingerprint density at radius 1 is 1.31 bits per heavy atom. The molecule has 2 aliphatic rings. The second-order valence-electron chi connectivity index (χ2n) is 8.49. The predicted octanol–water partition coefficient (Wildman–Crippen LogP) is 2.13. The van der Waals surface area contributed by atoms with Crippen LogP contribution in [-0.2, 0) is 16.3 Å². The molecule has 0 atom stereocenters. The summed E-state index contributed by atoms with van der Waals surface area (Å²) < 4.78 is 26.1.